The molecule has 0 saturated carbocycles. The number of carbonyl (C=O) groups is 3. The number of hydrogen-bond acceptors (Lipinski definition) is 4. The fourth-order valence-corrected chi connectivity index (χ4v) is 2.48. The monoisotopic (exact) mass is 373 g/mol. The number of halogens is 1. The Morgan fingerprint density at radius 3 is 2.74 bits per heavy atom. The van der Waals surface area contributed by atoms with E-state index < -0.39 is 23.6 Å². The van der Waals surface area contributed by atoms with Crippen molar-refractivity contribution in [2.75, 3.05) is 18.6 Å². The number of rotatable bonds is 2. The topological polar surface area (TPSA) is 63.7 Å². The average molecular weight is 373 g/mol. The molecule has 1 aromatic carbocycles. The van der Waals surface area contributed by atoms with E-state index in [4.69, 9.17) is 4.74 Å². The van der Waals surface area contributed by atoms with E-state index in [9.17, 15) is 14.4 Å². The largest absolute Gasteiger partial charge is 0.465 e. The van der Waals surface area contributed by atoms with Crippen molar-refractivity contribution >= 4 is 45.9 Å². The summed E-state index contributed by atoms with van der Waals surface area (Å²) in [5.74, 6) is -3.20. The number of ether oxygens (including phenoxy) is 1. The number of benzene rings is 1. The van der Waals surface area contributed by atoms with Gasteiger partial charge in [-0.25, -0.2) is 0 Å². The normalized spacial score (nSPS) is 18.3. The van der Waals surface area contributed by atoms with Gasteiger partial charge in [0.2, 0.25) is 5.91 Å². The second-order valence-electron chi connectivity index (χ2n) is 4.11. The summed E-state index contributed by atoms with van der Waals surface area (Å²) in [5, 5.41) is 0. The molecule has 0 radical (unpaired) electrons. The molecule has 0 N–H and O–H groups in total. The zero-order valence-corrected chi connectivity index (χ0v) is 12.6. The Balaban J connectivity index is 2.49. The minimum Gasteiger partial charge on any atom is -0.465 e. The van der Waals surface area contributed by atoms with E-state index in [1.165, 1.54) is 4.90 Å². The summed E-state index contributed by atoms with van der Waals surface area (Å²) in [7, 11) is 1.55. The number of anilines is 1. The van der Waals surface area contributed by atoms with Gasteiger partial charge in [-0.3, -0.25) is 14.4 Å². The molecule has 0 unspecified atom stereocenters. The molecule has 19 heavy (non-hydrogen) atoms. The van der Waals surface area contributed by atoms with E-state index in [1.54, 1.807) is 32.2 Å². The summed E-state index contributed by atoms with van der Waals surface area (Å²) >= 11 is 2.10. The number of amides is 1. The Hall–Kier alpha value is -1.44. The fourth-order valence-electron chi connectivity index (χ4n) is 2.00. The minimum atomic E-state index is -1.38. The highest BCUT2D eigenvalue weighted by atomic mass is 127. The van der Waals surface area contributed by atoms with Crippen LogP contribution in [0.3, 0.4) is 0 Å². The zero-order chi connectivity index (χ0) is 14.2. The molecule has 1 amide bonds. The Morgan fingerprint density at radius 2 is 2.11 bits per heavy atom. The third-order valence-corrected chi connectivity index (χ3v) is 3.62. The molecule has 1 aromatic rings. The Bertz CT molecular complexity index is 570. The number of Topliss-reactive ketones (excluding diaryl/α,β-unsaturated/α-hetero) is 1. The maximum Gasteiger partial charge on any atom is 0.326 e. The molecule has 5 nitrogen and oxygen atoms in total. The van der Waals surface area contributed by atoms with E-state index in [0.29, 0.717) is 11.3 Å². The van der Waals surface area contributed by atoms with Crippen LogP contribution in [0.1, 0.15) is 17.3 Å². The molecule has 0 fully saturated rings. The Kier molecular flexibility index (Phi) is 3.88. The van der Waals surface area contributed by atoms with Gasteiger partial charge in [0.25, 0.3) is 0 Å². The molecular weight excluding hydrogens is 361 g/mol. The number of fused-ring (bicyclic) bond motifs is 1. The predicted molar refractivity (Wildman–Crippen MR) is 77.0 cm³/mol. The van der Waals surface area contributed by atoms with Crippen LogP contribution in [0.2, 0.25) is 0 Å². The van der Waals surface area contributed by atoms with Crippen LogP contribution in [0, 0.1) is 9.49 Å². The summed E-state index contributed by atoms with van der Waals surface area (Å²) in [5.41, 5.74) is 0.906. The third kappa shape index (κ3) is 2.36. The molecule has 1 aliphatic heterocycles. The molecule has 1 heterocycles. The summed E-state index contributed by atoms with van der Waals surface area (Å²) in [6.07, 6.45) is 0. The van der Waals surface area contributed by atoms with Crippen molar-refractivity contribution in [1.29, 1.82) is 0 Å². The maximum absolute atomic E-state index is 12.2. The number of ketones is 1. The summed E-state index contributed by atoms with van der Waals surface area (Å²) in [4.78, 5) is 37.5. The summed E-state index contributed by atoms with van der Waals surface area (Å²) in [6, 6.07) is 5.14. The average Bonchev–Trinajstić information content (AvgIpc) is 2.36. The van der Waals surface area contributed by atoms with Crippen LogP contribution in [0.5, 0.6) is 0 Å². The maximum atomic E-state index is 12.2. The van der Waals surface area contributed by atoms with Crippen LogP contribution in [0.4, 0.5) is 5.69 Å². The van der Waals surface area contributed by atoms with Crippen molar-refractivity contribution in [2.24, 2.45) is 5.92 Å². The molecule has 0 bridgehead atoms. The first-order valence-electron chi connectivity index (χ1n) is 5.75. The standard InChI is InChI=1S/C13H12INO4/c1-3-19-13(18)10-11(16)8-5-4-7(14)6-9(8)15(2)12(10)17/h4-6,10H,3H2,1-2H3/t10-/m1/s1. The molecule has 0 saturated heterocycles. The lowest BCUT2D eigenvalue weighted by molar-refractivity contribution is -0.149. The molecule has 6 heteroatoms. The van der Waals surface area contributed by atoms with Gasteiger partial charge < -0.3 is 9.64 Å². The number of esters is 1. The lowest BCUT2D eigenvalue weighted by Gasteiger charge is -2.29. The minimum absolute atomic E-state index is 0.138. The molecule has 1 atom stereocenters. The first kappa shape index (κ1) is 14.0. The fraction of sp³-hybridized carbons (Fsp3) is 0.308. The van der Waals surface area contributed by atoms with Gasteiger partial charge in [0.15, 0.2) is 11.7 Å². The van der Waals surface area contributed by atoms with E-state index in [2.05, 4.69) is 22.6 Å². The van der Waals surface area contributed by atoms with E-state index in [1.807, 2.05) is 0 Å². The van der Waals surface area contributed by atoms with Gasteiger partial charge in [-0.15, -0.1) is 0 Å². The molecule has 0 aliphatic carbocycles. The smallest absolute Gasteiger partial charge is 0.326 e. The van der Waals surface area contributed by atoms with Gasteiger partial charge in [0.05, 0.1) is 12.3 Å². The van der Waals surface area contributed by atoms with Crippen molar-refractivity contribution in [1.82, 2.24) is 0 Å². The van der Waals surface area contributed by atoms with Gasteiger partial charge in [-0.1, -0.05) is 0 Å². The van der Waals surface area contributed by atoms with E-state index in [-0.39, 0.29) is 6.61 Å². The van der Waals surface area contributed by atoms with Crippen molar-refractivity contribution in [3.8, 4) is 0 Å². The summed E-state index contributed by atoms with van der Waals surface area (Å²) in [6.45, 7) is 1.77. The van der Waals surface area contributed by atoms with Crippen LogP contribution in [-0.4, -0.2) is 31.3 Å². The molecule has 1 aliphatic rings. The first-order valence-corrected chi connectivity index (χ1v) is 6.83. The second-order valence-corrected chi connectivity index (χ2v) is 5.35. The number of hydrogen-bond donors (Lipinski definition) is 0. The van der Waals surface area contributed by atoms with Crippen LogP contribution in [-0.2, 0) is 14.3 Å². The SMILES string of the molecule is CCOC(=O)[C@@H]1C(=O)c2ccc(I)cc2N(C)C1=O. The predicted octanol–water partition coefficient (Wildman–Crippen LogP) is 1.63. The molecular formula is C13H12INO4. The van der Waals surface area contributed by atoms with Crippen LogP contribution >= 0.6 is 22.6 Å². The summed E-state index contributed by atoms with van der Waals surface area (Å²) < 4.78 is 5.72. The van der Waals surface area contributed by atoms with Crippen LogP contribution < -0.4 is 4.90 Å². The molecule has 0 aromatic heterocycles. The van der Waals surface area contributed by atoms with Crippen molar-refractivity contribution in [3.05, 3.63) is 27.3 Å². The van der Waals surface area contributed by atoms with Crippen molar-refractivity contribution < 1.29 is 19.1 Å². The highest BCUT2D eigenvalue weighted by Crippen LogP contribution is 2.31. The third-order valence-electron chi connectivity index (χ3n) is 2.95. The van der Waals surface area contributed by atoms with Gasteiger partial charge in [0, 0.05) is 16.2 Å². The van der Waals surface area contributed by atoms with Crippen LogP contribution in [0.15, 0.2) is 18.2 Å². The Labute approximate surface area is 124 Å². The molecule has 0 spiro atoms. The quantitative estimate of drug-likeness (QED) is 0.449. The number of nitrogens with zero attached hydrogens (tertiary/aromatic N) is 1. The van der Waals surface area contributed by atoms with Gasteiger partial charge in [-0.2, -0.15) is 0 Å². The van der Waals surface area contributed by atoms with E-state index in [0.717, 1.165) is 3.57 Å². The molecule has 2 rings (SSSR count). The van der Waals surface area contributed by atoms with Crippen molar-refractivity contribution in [2.45, 2.75) is 6.92 Å². The lowest BCUT2D eigenvalue weighted by Crippen LogP contribution is -2.46. The van der Waals surface area contributed by atoms with Gasteiger partial charge in [-0.05, 0) is 47.7 Å². The highest BCUT2D eigenvalue weighted by molar-refractivity contribution is 14.1. The lowest BCUT2D eigenvalue weighted by atomic mass is 9.90. The second kappa shape index (κ2) is 5.28. The first-order chi connectivity index (χ1) is 8.97. The Morgan fingerprint density at radius 1 is 1.42 bits per heavy atom. The van der Waals surface area contributed by atoms with Crippen molar-refractivity contribution in [3.63, 3.8) is 0 Å². The zero-order valence-electron chi connectivity index (χ0n) is 10.5. The van der Waals surface area contributed by atoms with Crippen LogP contribution in [0.25, 0.3) is 0 Å². The molecule has 100 valence electrons. The highest BCUT2D eigenvalue weighted by Gasteiger charge is 2.43. The van der Waals surface area contributed by atoms with Gasteiger partial charge in [0.1, 0.15) is 0 Å². The van der Waals surface area contributed by atoms with Gasteiger partial charge >= 0.3 is 5.97 Å². The van der Waals surface area contributed by atoms with E-state index >= 15 is 0 Å². The number of carbonyl (C=O) groups excluding carboxylic acids is 3.